The van der Waals surface area contributed by atoms with E-state index in [1.807, 2.05) is 0 Å². The van der Waals surface area contributed by atoms with Crippen molar-refractivity contribution in [1.82, 2.24) is 10.6 Å². The van der Waals surface area contributed by atoms with Gasteiger partial charge in [-0.2, -0.15) is 0 Å². The largest absolute Gasteiger partial charge is 0.378 e. The van der Waals surface area contributed by atoms with Gasteiger partial charge in [-0.15, -0.1) is 0 Å². The molecule has 4 nitrogen and oxygen atoms in total. The van der Waals surface area contributed by atoms with Crippen LogP contribution in [0.4, 0.5) is 0 Å². The molecule has 3 rings (SSSR count). The predicted octanol–water partition coefficient (Wildman–Crippen LogP) is 1.06. The zero-order valence-electron chi connectivity index (χ0n) is 11.0. The summed E-state index contributed by atoms with van der Waals surface area (Å²) in [7, 11) is 0. The average Bonchev–Trinajstić information content (AvgIpc) is 2.91. The Morgan fingerprint density at radius 2 is 2.00 bits per heavy atom. The van der Waals surface area contributed by atoms with Crippen LogP contribution in [0.25, 0.3) is 0 Å². The summed E-state index contributed by atoms with van der Waals surface area (Å²) in [5.41, 5.74) is 0. The fourth-order valence-corrected chi connectivity index (χ4v) is 3.73. The molecule has 0 unspecified atom stereocenters. The topological polar surface area (TPSA) is 50.4 Å². The first kappa shape index (κ1) is 12.4. The lowest BCUT2D eigenvalue weighted by molar-refractivity contribution is -0.138. The average molecular weight is 252 g/mol. The molecule has 4 heteroatoms. The molecule has 2 N–H and O–H groups in total. The second-order valence-electron chi connectivity index (χ2n) is 5.95. The van der Waals surface area contributed by atoms with E-state index in [9.17, 15) is 4.79 Å². The Bertz CT molecular complexity index is 300. The van der Waals surface area contributed by atoms with Gasteiger partial charge in [0.2, 0.25) is 5.91 Å². The zero-order chi connectivity index (χ0) is 12.4. The van der Waals surface area contributed by atoms with E-state index < -0.39 is 0 Å². The lowest BCUT2D eigenvalue weighted by atomic mass is 9.79. The molecule has 3 aliphatic rings. The van der Waals surface area contributed by atoms with Gasteiger partial charge in [0.05, 0.1) is 6.10 Å². The molecule has 1 amide bonds. The number of ether oxygens (including phenoxy) is 1. The van der Waals surface area contributed by atoms with E-state index in [4.69, 9.17) is 4.74 Å². The molecular weight excluding hydrogens is 228 g/mol. The molecule has 3 fully saturated rings. The van der Waals surface area contributed by atoms with Gasteiger partial charge in [-0.3, -0.25) is 4.79 Å². The fraction of sp³-hybridized carbons (Fsp3) is 0.929. The number of carbonyl (C=O) groups is 1. The van der Waals surface area contributed by atoms with Gasteiger partial charge < -0.3 is 15.4 Å². The summed E-state index contributed by atoms with van der Waals surface area (Å²) < 4.78 is 5.81. The van der Waals surface area contributed by atoms with Gasteiger partial charge in [-0.25, -0.2) is 0 Å². The Balaban J connectivity index is 1.60. The lowest BCUT2D eigenvalue weighted by Crippen LogP contribution is -2.53. The molecule has 1 saturated carbocycles. The van der Waals surface area contributed by atoms with E-state index in [1.165, 1.54) is 25.7 Å². The van der Waals surface area contributed by atoms with Crippen LogP contribution in [-0.4, -0.2) is 37.7 Å². The first-order valence-electron chi connectivity index (χ1n) is 7.47. The standard InChI is InChI=1S/C14H24N2O2/c17-14(16-10-3-1-2-4-10)11-6-8-18-13-5-7-15-9-12(11)13/h10-13,15H,1-9H2,(H,16,17)/t11-,12+,13-/m1/s1. The Morgan fingerprint density at radius 3 is 2.83 bits per heavy atom. The van der Waals surface area contributed by atoms with Crippen molar-refractivity contribution in [2.45, 2.75) is 50.7 Å². The van der Waals surface area contributed by atoms with Crippen molar-refractivity contribution in [3.63, 3.8) is 0 Å². The molecule has 0 radical (unpaired) electrons. The van der Waals surface area contributed by atoms with Gasteiger partial charge in [0, 0.05) is 31.0 Å². The van der Waals surface area contributed by atoms with Crippen molar-refractivity contribution < 1.29 is 9.53 Å². The summed E-state index contributed by atoms with van der Waals surface area (Å²) in [6, 6.07) is 0.440. The number of piperidine rings is 1. The molecule has 0 aromatic rings. The predicted molar refractivity (Wildman–Crippen MR) is 69.2 cm³/mol. The molecule has 102 valence electrons. The monoisotopic (exact) mass is 252 g/mol. The maximum atomic E-state index is 12.4. The van der Waals surface area contributed by atoms with Crippen molar-refractivity contribution in [2.75, 3.05) is 19.7 Å². The normalized spacial score (nSPS) is 37.2. The summed E-state index contributed by atoms with van der Waals surface area (Å²) in [6.45, 7) is 2.72. The third kappa shape index (κ3) is 2.54. The maximum absolute atomic E-state index is 12.4. The Kier molecular flexibility index (Phi) is 3.85. The number of amides is 1. The summed E-state index contributed by atoms with van der Waals surface area (Å²) in [6.07, 6.45) is 7.12. The van der Waals surface area contributed by atoms with Gasteiger partial charge >= 0.3 is 0 Å². The lowest BCUT2D eigenvalue weighted by Gasteiger charge is -2.40. The molecule has 2 aliphatic heterocycles. The van der Waals surface area contributed by atoms with Gasteiger partial charge in [0.1, 0.15) is 0 Å². The fourth-order valence-electron chi connectivity index (χ4n) is 3.73. The maximum Gasteiger partial charge on any atom is 0.223 e. The molecule has 1 aliphatic carbocycles. The number of fused-ring (bicyclic) bond motifs is 1. The van der Waals surface area contributed by atoms with Crippen LogP contribution in [0.15, 0.2) is 0 Å². The van der Waals surface area contributed by atoms with Crippen LogP contribution in [0, 0.1) is 11.8 Å². The second-order valence-corrected chi connectivity index (χ2v) is 5.95. The van der Waals surface area contributed by atoms with E-state index in [0.29, 0.717) is 18.1 Å². The van der Waals surface area contributed by atoms with Crippen molar-refractivity contribution in [3.05, 3.63) is 0 Å². The Morgan fingerprint density at radius 1 is 1.17 bits per heavy atom. The van der Waals surface area contributed by atoms with Gasteiger partial charge in [-0.05, 0) is 32.2 Å². The molecule has 0 spiro atoms. The number of carbonyl (C=O) groups excluding carboxylic acids is 1. The van der Waals surface area contributed by atoms with Crippen LogP contribution in [0.1, 0.15) is 38.5 Å². The van der Waals surface area contributed by atoms with E-state index in [1.54, 1.807) is 0 Å². The molecule has 2 heterocycles. The van der Waals surface area contributed by atoms with Gasteiger partial charge in [0.25, 0.3) is 0 Å². The van der Waals surface area contributed by atoms with E-state index in [2.05, 4.69) is 10.6 Å². The number of nitrogens with one attached hydrogen (secondary N) is 2. The SMILES string of the molecule is O=C(NC1CCCC1)[C@@H]1CCO[C@@H]2CCNC[C@H]21. The number of hydrogen-bond donors (Lipinski definition) is 2. The molecule has 0 aromatic carbocycles. The quantitative estimate of drug-likeness (QED) is 0.772. The highest BCUT2D eigenvalue weighted by molar-refractivity contribution is 5.79. The summed E-state index contributed by atoms with van der Waals surface area (Å²) >= 11 is 0. The van der Waals surface area contributed by atoms with Crippen molar-refractivity contribution in [2.24, 2.45) is 11.8 Å². The van der Waals surface area contributed by atoms with Crippen LogP contribution in [-0.2, 0) is 9.53 Å². The number of rotatable bonds is 2. The minimum Gasteiger partial charge on any atom is -0.378 e. The van der Waals surface area contributed by atoms with Crippen molar-refractivity contribution in [1.29, 1.82) is 0 Å². The molecule has 0 aromatic heterocycles. The van der Waals surface area contributed by atoms with Crippen molar-refractivity contribution in [3.8, 4) is 0 Å². The van der Waals surface area contributed by atoms with Gasteiger partial charge in [-0.1, -0.05) is 12.8 Å². The minimum atomic E-state index is 0.164. The van der Waals surface area contributed by atoms with Crippen LogP contribution in [0.3, 0.4) is 0 Å². The molecule has 2 saturated heterocycles. The van der Waals surface area contributed by atoms with Crippen LogP contribution >= 0.6 is 0 Å². The highest BCUT2D eigenvalue weighted by Crippen LogP contribution is 2.31. The minimum absolute atomic E-state index is 0.164. The zero-order valence-corrected chi connectivity index (χ0v) is 11.0. The smallest absolute Gasteiger partial charge is 0.223 e. The van der Waals surface area contributed by atoms with Crippen molar-refractivity contribution >= 4 is 5.91 Å². The summed E-state index contributed by atoms with van der Waals surface area (Å²) in [4.78, 5) is 12.4. The van der Waals surface area contributed by atoms with Crippen LogP contribution in [0.2, 0.25) is 0 Å². The third-order valence-corrected chi connectivity index (χ3v) is 4.78. The first-order valence-corrected chi connectivity index (χ1v) is 7.47. The molecule has 18 heavy (non-hydrogen) atoms. The Labute approximate surface area is 109 Å². The van der Waals surface area contributed by atoms with E-state index in [0.717, 1.165) is 32.5 Å². The summed E-state index contributed by atoms with van der Waals surface area (Å²) in [5, 5.41) is 6.66. The molecule has 3 atom stereocenters. The number of hydrogen-bond acceptors (Lipinski definition) is 3. The summed E-state index contributed by atoms with van der Waals surface area (Å²) in [5.74, 6) is 0.829. The highest BCUT2D eigenvalue weighted by atomic mass is 16.5. The first-order chi connectivity index (χ1) is 8.84. The highest BCUT2D eigenvalue weighted by Gasteiger charge is 2.40. The van der Waals surface area contributed by atoms with E-state index in [-0.39, 0.29) is 11.8 Å². The third-order valence-electron chi connectivity index (χ3n) is 4.78. The van der Waals surface area contributed by atoms with E-state index >= 15 is 0 Å². The molecular formula is C14H24N2O2. The van der Waals surface area contributed by atoms with Crippen LogP contribution in [0.5, 0.6) is 0 Å². The van der Waals surface area contributed by atoms with Gasteiger partial charge in [0.15, 0.2) is 0 Å². The van der Waals surface area contributed by atoms with Crippen LogP contribution < -0.4 is 10.6 Å². The molecule has 0 bridgehead atoms. The Hall–Kier alpha value is -0.610. The second kappa shape index (κ2) is 5.57.